The monoisotopic (exact) mass is 392 g/mol. The average Bonchev–Trinajstić information content (AvgIpc) is 2.76. The van der Waals surface area contributed by atoms with Crippen LogP contribution in [0, 0.1) is 5.92 Å². The van der Waals surface area contributed by atoms with Crippen LogP contribution in [0.25, 0.3) is 0 Å². The Labute approximate surface area is 176 Å². The Morgan fingerprint density at radius 1 is 0.793 bits per heavy atom. The molecule has 156 valence electrons. The lowest BCUT2D eigenvalue weighted by molar-refractivity contribution is 0.109. The van der Waals surface area contributed by atoms with Gasteiger partial charge in [-0.3, -0.25) is 4.90 Å². The van der Waals surface area contributed by atoms with E-state index in [-0.39, 0.29) is 0 Å². The molecule has 0 aliphatic heterocycles. The molecule has 4 rings (SSSR count). The van der Waals surface area contributed by atoms with Crippen LogP contribution in [0.5, 0.6) is 11.5 Å². The smallest absolute Gasteiger partial charge is 0.127 e. The Morgan fingerprint density at radius 3 is 2.28 bits per heavy atom. The molecule has 0 amide bonds. The number of nitrogens with zero attached hydrogens (tertiary/aromatic N) is 1. The molecule has 2 aromatic carbocycles. The first kappa shape index (κ1) is 20.4. The summed E-state index contributed by atoms with van der Waals surface area (Å²) in [7, 11) is 0. The lowest BCUT2D eigenvalue weighted by atomic mass is 9.86. The number of hydrogen-bond acceptors (Lipinski definition) is 3. The van der Waals surface area contributed by atoms with Crippen LogP contribution in [0.1, 0.15) is 63.4 Å². The highest BCUT2D eigenvalue weighted by Crippen LogP contribution is 2.30. The summed E-state index contributed by atoms with van der Waals surface area (Å²) in [5.41, 5.74) is 7.54. The van der Waals surface area contributed by atoms with E-state index in [9.17, 15) is 0 Å². The molecule has 2 N–H and O–H groups in total. The number of nitrogens with two attached hydrogens (primary N) is 1. The van der Waals surface area contributed by atoms with Crippen LogP contribution in [-0.2, 0) is 6.54 Å². The van der Waals surface area contributed by atoms with E-state index < -0.39 is 0 Å². The fraction of sp³-hybridized carbons (Fsp3) is 0.538. The van der Waals surface area contributed by atoms with Crippen LogP contribution in [0.15, 0.2) is 54.6 Å². The molecule has 3 heteroatoms. The van der Waals surface area contributed by atoms with Crippen LogP contribution >= 0.6 is 0 Å². The molecule has 2 saturated carbocycles. The third-order valence-corrected chi connectivity index (χ3v) is 6.74. The molecule has 0 saturated heterocycles. The molecular weight excluding hydrogens is 356 g/mol. The molecule has 0 spiro atoms. The van der Waals surface area contributed by atoms with E-state index in [2.05, 4.69) is 29.2 Å². The molecule has 0 heterocycles. The molecule has 0 radical (unpaired) electrons. The molecule has 0 atom stereocenters. The summed E-state index contributed by atoms with van der Waals surface area (Å²) < 4.78 is 6.08. The largest absolute Gasteiger partial charge is 0.457 e. The van der Waals surface area contributed by atoms with Crippen LogP contribution < -0.4 is 10.5 Å². The van der Waals surface area contributed by atoms with Gasteiger partial charge in [-0.25, -0.2) is 0 Å². The third-order valence-electron chi connectivity index (χ3n) is 6.74. The lowest BCUT2D eigenvalue weighted by Crippen LogP contribution is -2.43. The van der Waals surface area contributed by atoms with Gasteiger partial charge in [-0.2, -0.15) is 0 Å². The molecule has 29 heavy (non-hydrogen) atoms. The van der Waals surface area contributed by atoms with Gasteiger partial charge in [0.05, 0.1) is 0 Å². The van der Waals surface area contributed by atoms with Gasteiger partial charge >= 0.3 is 0 Å². The summed E-state index contributed by atoms with van der Waals surface area (Å²) in [6.07, 6.45) is 11.9. The Hall–Kier alpha value is -1.84. The van der Waals surface area contributed by atoms with Crippen molar-refractivity contribution < 1.29 is 4.74 Å². The Morgan fingerprint density at radius 2 is 1.52 bits per heavy atom. The lowest BCUT2D eigenvalue weighted by Gasteiger charge is -2.39. The number of benzene rings is 2. The van der Waals surface area contributed by atoms with Crippen LogP contribution in [0.2, 0.25) is 0 Å². The van der Waals surface area contributed by atoms with Crippen molar-refractivity contribution in [3.05, 3.63) is 60.2 Å². The van der Waals surface area contributed by atoms with Crippen molar-refractivity contribution in [3.8, 4) is 11.5 Å². The van der Waals surface area contributed by atoms with Crippen molar-refractivity contribution in [1.29, 1.82) is 0 Å². The fourth-order valence-corrected chi connectivity index (χ4v) is 5.08. The van der Waals surface area contributed by atoms with Gasteiger partial charge in [-0.15, -0.1) is 0 Å². The highest BCUT2D eigenvalue weighted by atomic mass is 16.5. The predicted molar refractivity (Wildman–Crippen MR) is 120 cm³/mol. The second-order valence-electron chi connectivity index (χ2n) is 9.06. The zero-order valence-electron chi connectivity index (χ0n) is 17.6. The van der Waals surface area contributed by atoms with Crippen molar-refractivity contribution in [2.45, 2.75) is 76.4 Å². The van der Waals surface area contributed by atoms with E-state index in [1.165, 1.54) is 69.9 Å². The fourth-order valence-electron chi connectivity index (χ4n) is 5.08. The Balaban J connectivity index is 1.45. The summed E-state index contributed by atoms with van der Waals surface area (Å²) in [4.78, 5) is 2.77. The van der Waals surface area contributed by atoms with Gasteiger partial charge in [0, 0.05) is 25.2 Å². The summed E-state index contributed by atoms with van der Waals surface area (Å²) in [5, 5.41) is 0. The van der Waals surface area contributed by atoms with Gasteiger partial charge in [0.25, 0.3) is 0 Å². The summed E-state index contributed by atoms with van der Waals surface area (Å²) in [6.45, 7) is 2.26. The quantitative estimate of drug-likeness (QED) is 0.616. The number of ether oxygens (including phenoxy) is 1. The minimum absolute atomic E-state index is 0.408. The minimum Gasteiger partial charge on any atom is -0.457 e. The molecule has 2 aliphatic rings. The van der Waals surface area contributed by atoms with Crippen LogP contribution in [-0.4, -0.2) is 23.5 Å². The highest BCUT2D eigenvalue weighted by molar-refractivity contribution is 5.33. The van der Waals surface area contributed by atoms with Crippen molar-refractivity contribution in [2.75, 3.05) is 6.54 Å². The van der Waals surface area contributed by atoms with E-state index in [1.807, 2.05) is 30.3 Å². The van der Waals surface area contributed by atoms with Gasteiger partial charge in [-0.05, 0) is 74.3 Å². The first-order valence-electron chi connectivity index (χ1n) is 11.6. The Bertz CT molecular complexity index is 733. The molecule has 3 nitrogen and oxygen atoms in total. The molecule has 0 bridgehead atoms. The van der Waals surface area contributed by atoms with Gasteiger partial charge in [0.2, 0.25) is 0 Å². The molecule has 0 unspecified atom stereocenters. The summed E-state index contributed by atoms with van der Waals surface area (Å²) in [5.74, 6) is 2.69. The van der Waals surface area contributed by atoms with E-state index in [0.717, 1.165) is 24.0 Å². The van der Waals surface area contributed by atoms with Gasteiger partial charge < -0.3 is 10.5 Å². The first-order chi connectivity index (χ1) is 14.3. The van der Waals surface area contributed by atoms with Crippen molar-refractivity contribution >= 4 is 0 Å². The van der Waals surface area contributed by atoms with Gasteiger partial charge in [0.1, 0.15) is 11.5 Å². The maximum Gasteiger partial charge on any atom is 0.127 e. The molecular formula is C26H36N2O. The topological polar surface area (TPSA) is 38.5 Å². The summed E-state index contributed by atoms with van der Waals surface area (Å²) in [6, 6.07) is 19.8. The SMILES string of the molecule is NC1CCC(N(Cc2cccc(Oc3ccccc3)c2)CC2CCCCC2)CC1. The number of rotatable bonds is 7. The van der Waals surface area contributed by atoms with Crippen molar-refractivity contribution in [2.24, 2.45) is 11.7 Å². The van der Waals surface area contributed by atoms with E-state index in [1.54, 1.807) is 0 Å². The third kappa shape index (κ3) is 6.07. The van der Waals surface area contributed by atoms with Gasteiger partial charge in [-0.1, -0.05) is 49.6 Å². The van der Waals surface area contributed by atoms with Crippen molar-refractivity contribution in [3.63, 3.8) is 0 Å². The summed E-state index contributed by atoms with van der Waals surface area (Å²) >= 11 is 0. The second kappa shape index (κ2) is 10.3. The normalized spacial score (nSPS) is 23.2. The zero-order chi connectivity index (χ0) is 19.9. The predicted octanol–water partition coefficient (Wildman–Crippen LogP) is 6.13. The van der Waals surface area contributed by atoms with Crippen LogP contribution in [0.4, 0.5) is 0 Å². The highest BCUT2D eigenvalue weighted by Gasteiger charge is 2.27. The first-order valence-corrected chi connectivity index (χ1v) is 11.6. The second-order valence-corrected chi connectivity index (χ2v) is 9.06. The molecule has 2 aliphatic carbocycles. The standard InChI is InChI=1S/C26H36N2O/c27-23-14-16-24(17-15-23)28(19-21-8-3-1-4-9-21)20-22-10-7-13-26(18-22)29-25-11-5-2-6-12-25/h2,5-7,10-13,18,21,23-24H,1,3-4,8-9,14-17,19-20,27H2. The van der Waals surface area contributed by atoms with E-state index in [4.69, 9.17) is 10.5 Å². The van der Waals surface area contributed by atoms with Gasteiger partial charge in [0.15, 0.2) is 0 Å². The Kier molecular flexibility index (Phi) is 7.23. The van der Waals surface area contributed by atoms with E-state index >= 15 is 0 Å². The molecule has 2 aromatic rings. The molecule has 0 aromatic heterocycles. The maximum atomic E-state index is 6.19. The molecule has 2 fully saturated rings. The minimum atomic E-state index is 0.408. The zero-order valence-corrected chi connectivity index (χ0v) is 17.6. The maximum absolute atomic E-state index is 6.19. The van der Waals surface area contributed by atoms with Crippen LogP contribution in [0.3, 0.4) is 0 Å². The average molecular weight is 393 g/mol. The number of para-hydroxylation sites is 1. The number of hydrogen-bond donors (Lipinski definition) is 1. The van der Waals surface area contributed by atoms with E-state index in [0.29, 0.717) is 12.1 Å². The van der Waals surface area contributed by atoms with Crippen molar-refractivity contribution in [1.82, 2.24) is 4.90 Å².